The van der Waals surface area contributed by atoms with E-state index in [1.54, 1.807) is 66.7 Å². The largest absolute Gasteiger partial charge is 0.452 e. The van der Waals surface area contributed by atoms with E-state index in [1.165, 1.54) is 37.4 Å². The van der Waals surface area contributed by atoms with Crippen LogP contribution in [0.5, 0.6) is 0 Å². The van der Waals surface area contributed by atoms with Crippen molar-refractivity contribution in [1.82, 2.24) is 9.55 Å². The van der Waals surface area contributed by atoms with Crippen LogP contribution in [-0.4, -0.2) is 52.4 Å². The molecule has 0 bridgehead atoms. The van der Waals surface area contributed by atoms with Gasteiger partial charge in [0.25, 0.3) is 5.56 Å². The number of hydrogen-bond donors (Lipinski definition) is 1. The van der Waals surface area contributed by atoms with Gasteiger partial charge in [-0.1, -0.05) is 54.6 Å². The molecule has 1 aliphatic heterocycles. The number of rotatable bonds is 7. The number of carbonyl (C=O) groups excluding carboxylic acids is 3. The van der Waals surface area contributed by atoms with Crippen LogP contribution in [0, 0.1) is 6.92 Å². The molecule has 0 spiro atoms. The molecule has 11 heteroatoms. The van der Waals surface area contributed by atoms with Crippen molar-refractivity contribution in [2.45, 2.75) is 31.5 Å². The second kappa shape index (κ2) is 12.5. The maximum atomic E-state index is 13.3. The third kappa shape index (κ3) is 6.21. The minimum Gasteiger partial charge on any atom is -0.452 e. The molecule has 4 atom stereocenters. The van der Waals surface area contributed by atoms with Crippen LogP contribution < -0.4 is 11.2 Å². The lowest BCUT2D eigenvalue weighted by Crippen LogP contribution is -2.57. The van der Waals surface area contributed by atoms with Crippen LogP contribution in [0.4, 0.5) is 0 Å². The highest BCUT2D eigenvalue weighted by Crippen LogP contribution is 2.31. The molecule has 3 aromatic carbocycles. The number of carbonyl (C=O) groups is 3. The van der Waals surface area contributed by atoms with Gasteiger partial charge < -0.3 is 18.9 Å². The Morgan fingerprint density at radius 2 is 1.17 bits per heavy atom. The highest BCUT2D eigenvalue weighted by Gasteiger charge is 2.49. The van der Waals surface area contributed by atoms with Gasteiger partial charge in [-0.2, -0.15) is 0 Å². The number of hydrogen-bond acceptors (Lipinski definition) is 9. The van der Waals surface area contributed by atoms with Crippen molar-refractivity contribution in [2.24, 2.45) is 0 Å². The summed E-state index contributed by atoms with van der Waals surface area (Å²) in [6, 6.07) is 24.3. The van der Waals surface area contributed by atoms with Crippen molar-refractivity contribution in [3.05, 3.63) is 140 Å². The summed E-state index contributed by atoms with van der Waals surface area (Å²) in [5, 5.41) is 0. The Bertz CT molecular complexity index is 1680. The number of aromatic nitrogens is 2. The number of nitrogens with zero attached hydrogens (tertiary/aromatic N) is 1. The summed E-state index contributed by atoms with van der Waals surface area (Å²) in [6.07, 6.45) is -4.26. The van der Waals surface area contributed by atoms with Crippen LogP contribution in [0.15, 0.2) is 107 Å². The zero-order valence-electron chi connectivity index (χ0n) is 22.4. The Kier molecular flexibility index (Phi) is 8.39. The molecule has 1 aliphatic rings. The lowest BCUT2D eigenvalue weighted by molar-refractivity contribution is -0.213. The lowest BCUT2D eigenvalue weighted by atomic mass is 10.0. The normalized spacial score (nSPS) is 19.8. The minimum absolute atomic E-state index is 0.179. The average Bonchev–Trinajstić information content (AvgIpc) is 3.02. The monoisotopic (exact) mass is 570 g/mol. The smallest absolute Gasteiger partial charge is 0.338 e. The lowest BCUT2D eigenvalue weighted by Gasteiger charge is -2.41. The average molecular weight is 571 g/mol. The third-order valence-electron chi connectivity index (χ3n) is 6.60. The van der Waals surface area contributed by atoms with E-state index in [0.29, 0.717) is 0 Å². The number of esters is 3. The summed E-state index contributed by atoms with van der Waals surface area (Å²) in [7, 11) is 0. The maximum Gasteiger partial charge on any atom is 0.338 e. The van der Waals surface area contributed by atoms with Crippen molar-refractivity contribution in [3.8, 4) is 0 Å². The first-order valence-corrected chi connectivity index (χ1v) is 13.0. The van der Waals surface area contributed by atoms with Gasteiger partial charge in [0.15, 0.2) is 24.5 Å². The zero-order chi connectivity index (χ0) is 29.6. The predicted molar refractivity (Wildman–Crippen MR) is 148 cm³/mol. The van der Waals surface area contributed by atoms with Gasteiger partial charge in [0, 0.05) is 11.8 Å². The fraction of sp³-hybridized carbons (Fsp3) is 0.194. The molecule has 0 unspecified atom stereocenters. The quantitative estimate of drug-likeness (QED) is 0.262. The number of ether oxygens (including phenoxy) is 4. The molecule has 1 N–H and O–H groups in total. The van der Waals surface area contributed by atoms with Crippen LogP contribution in [0.3, 0.4) is 0 Å². The molecule has 1 saturated heterocycles. The van der Waals surface area contributed by atoms with E-state index in [2.05, 4.69) is 4.98 Å². The topological polar surface area (TPSA) is 143 Å². The Hall–Kier alpha value is -5.29. The number of nitrogens with one attached hydrogen (secondary N) is 1. The van der Waals surface area contributed by atoms with Gasteiger partial charge in [-0.3, -0.25) is 14.3 Å². The van der Waals surface area contributed by atoms with E-state index in [0.717, 1.165) is 4.57 Å². The standard InChI is InChI=1S/C31H26N2O9/c1-19-17-33(31(38)32-26(19)34)27-25(42-30(37)22-15-9-4-10-16-22)24(41-29(36)21-13-7-3-8-14-21)23(18-39-27)40-28(35)20-11-5-2-6-12-20/h2-17,23-25,27H,18H2,1H3,(H,32,34,38)/t23-,24+,25+,27+/m0/s1. The summed E-state index contributed by atoms with van der Waals surface area (Å²) in [5.74, 6) is -2.32. The fourth-order valence-electron chi connectivity index (χ4n) is 4.45. The van der Waals surface area contributed by atoms with Gasteiger partial charge in [0.05, 0.1) is 23.3 Å². The van der Waals surface area contributed by atoms with E-state index in [9.17, 15) is 24.0 Å². The Morgan fingerprint density at radius 1 is 0.714 bits per heavy atom. The van der Waals surface area contributed by atoms with Crippen molar-refractivity contribution in [1.29, 1.82) is 0 Å². The van der Waals surface area contributed by atoms with Crippen LogP contribution in [0.2, 0.25) is 0 Å². The second-order valence-corrected chi connectivity index (χ2v) is 9.48. The van der Waals surface area contributed by atoms with Crippen molar-refractivity contribution in [2.75, 3.05) is 6.61 Å². The molecule has 0 amide bonds. The maximum absolute atomic E-state index is 13.3. The van der Waals surface area contributed by atoms with Gasteiger partial charge in [0.1, 0.15) is 0 Å². The molecule has 214 valence electrons. The van der Waals surface area contributed by atoms with Crippen LogP contribution in [-0.2, 0) is 18.9 Å². The van der Waals surface area contributed by atoms with Crippen LogP contribution in [0.1, 0.15) is 42.9 Å². The highest BCUT2D eigenvalue weighted by molar-refractivity contribution is 5.91. The SMILES string of the molecule is Cc1cn([C@@H]2OC[C@H](OC(=O)c3ccccc3)[C@@H](OC(=O)c3ccccc3)[C@H]2OC(=O)c2ccccc2)c(=O)[nH]c1=O. The molecular formula is C31H26N2O9. The molecule has 0 saturated carbocycles. The van der Waals surface area contributed by atoms with Crippen molar-refractivity contribution < 1.29 is 33.3 Å². The molecule has 4 aromatic rings. The molecular weight excluding hydrogens is 544 g/mol. The second-order valence-electron chi connectivity index (χ2n) is 9.48. The molecule has 5 rings (SSSR count). The number of H-pyrrole nitrogens is 1. The van der Waals surface area contributed by atoms with Gasteiger partial charge in [0.2, 0.25) is 0 Å². The van der Waals surface area contributed by atoms with E-state index >= 15 is 0 Å². The number of benzene rings is 3. The number of aromatic amines is 1. The number of aryl methyl sites for hydroxylation is 1. The van der Waals surface area contributed by atoms with E-state index in [4.69, 9.17) is 18.9 Å². The molecule has 0 radical (unpaired) electrons. The highest BCUT2D eigenvalue weighted by atomic mass is 16.6. The molecule has 2 heterocycles. The summed E-state index contributed by atoms with van der Waals surface area (Å²) < 4.78 is 24.4. The summed E-state index contributed by atoms with van der Waals surface area (Å²) in [4.78, 5) is 66.7. The molecule has 11 nitrogen and oxygen atoms in total. The van der Waals surface area contributed by atoms with Crippen molar-refractivity contribution in [3.63, 3.8) is 0 Å². The predicted octanol–water partition coefficient (Wildman–Crippen LogP) is 3.05. The minimum atomic E-state index is -1.49. The molecule has 1 fully saturated rings. The molecule has 1 aromatic heterocycles. The first kappa shape index (κ1) is 28.2. The third-order valence-corrected chi connectivity index (χ3v) is 6.60. The van der Waals surface area contributed by atoms with Gasteiger partial charge in [-0.15, -0.1) is 0 Å². The molecule has 42 heavy (non-hydrogen) atoms. The first-order chi connectivity index (χ1) is 20.3. The van der Waals surface area contributed by atoms with Crippen LogP contribution in [0.25, 0.3) is 0 Å². The first-order valence-electron chi connectivity index (χ1n) is 13.0. The van der Waals surface area contributed by atoms with Gasteiger partial charge >= 0.3 is 23.6 Å². The summed E-state index contributed by atoms with van der Waals surface area (Å²) in [6.45, 7) is 1.15. The van der Waals surface area contributed by atoms with Gasteiger partial charge in [-0.25, -0.2) is 19.2 Å². The molecule has 0 aliphatic carbocycles. The zero-order valence-corrected chi connectivity index (χ0v) is 22.4. The Labute approximate surface area is 239 Å². The van der Waals surface area contributed by atoms with Crippen LogP contribution >= 0.6 is 0 Å². The Morgan fingerprint density at radius 3 is 1.67 bits per heavy atom. The van der Waals surface area contributed by atoms with Gasteiger partial charge in [-0.05, 0) is 43.3 Å². The van der Waals surface area contributed by atoms with E-state index < -0.39 is 53.7 Å². The fourth-order valence-corrected chi connectivity index (χ4v) is 4.45. The van der Waals surface area contributed by atoms with Crippen molar-refractivity contribution >= 4 is 17.9 Å². The Balaban J connectivity index is 1.56. The summed E-state index contributed by atoms with van der Waals surface area (Å²) in [5.41, 5.74) is -0.660. The summed E-state index contributed by atoms with van der Waals surface area (Å²) >= 11 is 0. The van der Waals surface area contributed by atoms with E-state index in [1.807, 2.05) is 0 Å². The van der Waals surface area contributed by atoms with E-state index in [-0.39, 0.29) is 28.9 Å².